The molecule has 0 fully saturated rings. The monoisotopic (exact) mass is 305 g/mol. The second-order valence-electron chi connectivity index (χ2n) is 5.80. The lowest BCUT2D eigenvalue weighted by molar-refractivity contribution is 0.0696. The Morgan fingerprint density at radius 1 is 1.27 bits per heavy atom. The zero-order valence-electron chi connectivity index (χ0n) is 12.4. The van der Waals surface area contributed by atoms with Crippen molar-refractivity contribution in [2.75, 3.05) is 5.32 Å². The van der Waals surface area contributed by atoms with Gasteiger partial charge in [0.05, 0.1) is 28.6 Å². The Morgan fingerprint density at radius 3 is 2.50 bits per heavy atom. The van der Waals surface area contributed by atoms with Gasteiger partial charge in [-0.3, -0.25) is 9.48 Å². The fourth-order valence-electron chi connectivity index (χ4n) is 1.76. The minimum Gasteiger partial charge on any atom is -0.478 e. The molecule has 1 aromatic heterocycles. The fourth-order valence-corrected chi connectivity index (χ4v) is 1.76. The van der Waals surface area contributed by atoms with E-state index in [1.54, 1.807) is 10.9 Å². The maximum absolute atomic E-state index is 13.7. The van der Waals surface area contributed by atoms with Crippen LogP contribution in [-0.2, 0) is 5.54 Å². The SMILES string of the molecule is CC(C)(C)n1cc(C(=O)Nc2cc(C(=O)O)ccc2F)cn1. The molecule has 1 amide bonds. The van der Waals surface area contributed by atoms with Crippen molar-refractivity contribution in [1.82, 2.24) is 9.78 Å². The topological polar surface area (TPSA) is 84.2 Å². The number of halogens is 1. The first kappa shape index (κ1) is 15.7. The van der Waals surface area contributed by atoms with Crippen molar-refractivity contribution in [3.63, 3.8) is 0 Å². The van der Waals surface area contributed by atoms with E-state index in [0.717, 1.165) is 18.2 Å². The van der Waals surface area contributed by atoms with Crippen molar-refractivity contribution in [2.45, 2.75) is 26.3 Å². The van der Waals surface area contributed by atoms with Gasteiger partial charge in [0, 0.05) is 6.20 Å². The second kappa shape index (κ2) is 5.59. The Kier molecular flexibility index (Phi) is 3.99. The molecule has 0 spiro atoms. The number of aromatic nitrogens is 2. The lowest BCUT2D eigenvalue weighted by Crippen LogP contribution is -2.22. The maximum atomic E-state index is 13.7. The fraction of sp³-hybridized carbons (Fsp3) is 0.267. The molecule has 1 heterocycles. The van der Waals surface area contributed by atoms with Crippen molar-refractivity contribution in [3.8, 4) is 0 Å². The number of rotatable bonds is 3. The van der Waals surface area contributed by atoms with Gasteiger partial charge in [-0.05, 0) is 39.0 Å². The van der Waals surface area contributed by atoms with Gasteiger partial charge in [0.1, 0.15) is 5.82 Å². The van der Waals surface area contributed by atoms with Gasteiger partial charge < -0.3 is 10.4 Å². The highest BCUT2D eigenvalue weighted by Gasteiger charge is 2.18. The quantitative estimate of drug-likeness (QED) is 0.913. The molecule has 6 nitrogen and oxygen atoms in total. The van der Waals surface area contributed by atoms with E-state index in [0.29, 0.717) is 0 Å². The third-order valence-electron chi connectivity index (χ3n) is 2.99. The minimum absolute atomic E-state index is 0.109. The molecule has 22 heavy (non-hydrogen) atoms. The number of carbonyl (C=O) groups is 2. The number of aromatic carboxylic acids is 1. The number of nitrogens with zero attached hydrogens (tertiary/aromatic N) is 2. The number of anilines is 1. The van der Waals surface area contributed by atoms with Crippen LogP contribution in [0.2, 0.25) is 0 Å². The maximum Gasteiger partial charge on any atom is 0.335 e. The Morgan fingerprint density at radius 2 is 1.95 bits per heavy atom. The van der Waals surface area contributed by atoms with Crippen molar-refractivity contribution in [3.05, 3.63) is 47.5 Å². The number of carbonyl (C=O) groups excluding carboxylic acids is 1. The largest absolute Gasteiger partial charge is 0.478 e. The van der Waals surface area contributed by atoms with E-state index in [-0.39, 0.29) is 22.4 Å². The zero-order chi connectivity index (χ0) is 16.5. The van der Waals surface area contributed by atoms with Crippen LogP contribution in [0, 0.1) is 5.82 Å². The molecule has 0 aliphatic rings. The van der Waals surface area contributed by atoms with E-state index in [1.165, 1.54) is 6.20 Å². The Balaban J connectivity index is 2.24. The van der Waals surface area contributed by atoms with E-state index in [9.17, 15) is 14.0 Å². The van der Waals surface area contributed by atoms with E-state index in [2.05, 4.69) is 10.4 Å². The molecule has 0 saturated carbocycles. The van der Waals surface area contributed by atoms with Crippen LogP contribution in [0.25, 0.3) is 0 Å². The number of hydrogen-bond acceptors (Lipinski definition) is 3. The molecular formula is C15H16FN3O3. The first-order valence-corrected chi connectivity index (χ1v) is 6.58. The van der Waals surface area contributed by atoms with Crippen molar-refractivity contribution in [2.24, 2.45) is 0 Å². The molecule has 0 bridgehead atoms. The van der Waals surface area contributed by atoms with E-state index in [4.69, 9.17) is 5.11 Å². The number of benzene rings is 1. The molecule has 0 aliphatic heterocycles. The van der Waals surface area contributed by atoms with Crippen molar-refractivity contribution in [1.29, 1.82) is 0 Å². The van der Waals surface area contributed by atoms with Gasteiger partial charge in [0.25, 0.3) is 5.91 Å². The molecule has 2 N–H and O–H groups in total. The third-order valence-corrected chi connectivity index (χ3v) is 2.99. The van der Waals surface area contributed by atoms with Gasteiger partial charge in [-0.2, -0.15) is 5.10 Å². The molecule has 116 valence electrons. The first-order valence-electron chi connectivity index (χ1n) is 6.58. The van der Waals surface area contributed by atoms with Crippen molar-refractivity contribution >= 4 is 17.6 Å². The van der Waals surface area contributed by atoms with Gasteiger partial charge in [0.2, 0.25) is 0 Å². The summed E-state index contributed by atoms with van der Waals surface area (Å²) in [6.45, 7) is 5.78. The second-order valence-corrected chi connectivity index (χ2v) is 5.80. The smallest absolute Gasteiger partial charge is 0.335 e. The highest BCUT2D eigenvalue weighted by atomic mass is 19.1. The molecule has 0 saturated heterocycles. The highest BCUT2D eigenvalue weighted by molar-refractivity contribution is 6.04. The average molecular weight is 305 g/mol. The third kappa shape index (κ3) is 3.30. The minimum atomic E-state index is -1.20. The summed E-state index contributed by atoms with van der Waals surface area (Å²) in [5.41, 5.74) is -0.321. The van der Waals surface area contributed by atoms with Crippen LogP contribution < -0.4 is 5.32 Å². The van der Waals surface area contributed by atoms with Gasteiger partial charge >= 0.3 is 5.97 Å². The number of carboxylic acid groups (broad SMARTS) is 1. The average Bonchev–Trinajstić information content (AvgIpc) is 2.90. The van der Waals surface area contributed by atoms with Crippen LogP contribution in [0.3, 0.4) is 0 Å². The number of carboxylic acids is 1. The summed E-state index contributed by atoms with van der Waals surface area (Å²) in [6, 6.07) is 3.20. The molecule has 0 radical (unpaired) electrons. The normalized spacial score (nSPS) is 11.3. The van der Waals surface area contributed by atoms with Gasteiger partial charge in [-0.25, -0.2) is 9.18 Å². The van der Waals surface area contributed by atoms with Crippen LogP contribution in [0.15, 0.2) is 30.6 Å². The lowest BCUT2D eigenvalue weighted by atomic mass is 10.1. The predicted molar refractivity (Wildman–Crippen MR) is 78.5 cm³/mol. The summed E-state index contributed by atoms with van der Waals surface area (Å²) in [4.78, 5) is 23.0. The van der Waals surface area contributed by atoms with Gasteiger partial charge in [0.15, 0.2) is 0 Å². The van der Waals surface area contributed by atoms with Gasteiger partial charge in [-0.1, -0.05) is 0 Å². The summed E-state index contributed by atoms with van der Waals surface area (Å²) in [6.07, 6.45) is 2.92. The standard InChI is InChI=1S/C15H16FN3O3/c1-15(2,3)19-8-10(7-17-19)13(20)18-12-6-9(14(21)22)4-5-11(12)16/h4-8H,1-3H3,(H,18,20)(H,21,22). The first-order chi connectivity index (χ1) is 10.2. The summed E-state index contributed by atoms with van der Waals surface area (Å²) < 4.78 is 15.3. The highest BCUT2D eigenvalue weighted by Crippen LogP contribution is 2.18. The Bertz CT molecular complexity index is 732. The summed E-state index contributed by atoms with van der Waals surface area (Å²) >= 11 is 0. The lowest BCUT2D eigenvalue weighted by Gasteiger charge is -2.18. The molecule has 2 aromatic rings. The van der Waals surface area contributed by atoms with Crippen LogP contribution in [0.4, 0.5) is 10.1 Å². The van der Waals surface area contributed by atoms with Crippen LogP contribution >= 0.6 is 0 Å². The molecule has 0 atom stereocenters. The van der Waals surface area contributed by atoms with Crippen molar-refractivity contribution < 1.29 is 19.1 Å². The van der Waals surface area contributed by atoms with Crippen LogP contribution in [0.1, 0.15) is 41.5 Å². The van der Waals surface area contributed by atoms with E-state index < -0.39 is 17.7 Å². The number of nitrogens with one attached hydrogen (secondary N) is 1. The van der Waals surface area contributed by atoms with E-state index in [1.807, 2.05) is 20.8 Å². The summed E-state index contributed by atoms with van der Waals surface area (Å²) in [5, 5.41) is 15.3. The summed E-state index contributed by atoms with van der Waals surface area (Å²) in [7, 11) is 0. The zero-order valence-corrected chi connectivity index (χ0v) is 12.4. The van der Waals surface area contributed by atoms with Crippen LogP contribution in [-0.4, -0.2) is 26.8 Å². The molecule has 1 aromatic carbocycles. The van der Waals surface area contributed by atoms with E-state index >= 15 is 0 Å². The Labute approximate surface area is 126 Å². The molecule has 2 rings (SSSR count). The number of hydrogen-bond donors (Lipinski definition) is 2. The Hall–Kier alpha value is -2.70. The molecule has 0 unspecified atom stereocenters. The van der Waals surface area contributed by atoms with Gasteiger partial charge in [-0.15, -0.1) is 0 Å². The van der Waals surface area contributed by atoms with Crippen LogP contribution in [0.5, 0.6) is 0 Å². The molecule has 7 heteroatoms. The number of amides is 1. The predicted octanol–water partition coefficient (Wildman–Crippen LogP) is 2.73. The summed E-state index contributed by atoms with van der Waals surface area (Å²) in [5.74, 6) is -2.46. The molecule has 0 aliphatic carbocycles. The molecular weight excluding hydrogens is 289 g/mol.